The summed E-state index contributed by atoms with van der Waals surface area (Å²) >= 11 is -0.251. The van der Waals surface area contributed by atoms with Gasteiger partial charge < -0.3 is 0 Å². The molecule has 170 valence electrons. The van der Waals surface area contributed by atoms with E-state index in [0.29, 0.717) is 10.9 Å². The van der Waals surface area contributed by atoms with E-state index in [1.54, 1.807) is 13.0 Å². The maximum absolute atomic E-state index is 13.1. The summed E-state index contributed by atoms with van der Waals surface area (Å²) in [6, 6.07) is 11.3. The fourth-order valence-electron chi connectivity index (χ4n) is 4.38. The number of ether oxygens (including phenoxy) is 1. The number of rotatable bonds is 6. The van der Waals surface area contributed by atoms with Gasteiger partial charge in [0.05, 0.1) is 0 Å². The van der Waals surface area contributed by atoms with Gasteiger partial charge >= 0.3 is 191 Å². The molecule has 0 bridgehead atoms. The van der Waals surface area contributed by atoms with Gasteiger partial charge in [-0.05, 0) is 0 Å². The first-order chi connectivity index (χ1) is 14.4. The van der Waals surface area contributed by atoms with Crippen LogP contribution < -0.4 is 9.85 Å². The Balaban J connectivity index is 2.10. The van der Waals surface area contributed by atoms with Gasteiger partial charge in [-0.1, -0.05) is 0 Å². The van der Waals surface area contributed by atoms with E-state index in [-0.39, 0.29) is 28.0 Å². The normalized spacial score (nSPS) is 31.4. The molecule has 1 aromatic heterocycles. The molecule has 5 atom stereocenters. The second-order valence-electron chi connectivity index (χ2n) is 9.36. The van der Waals surface area contributed by atoms with Crippen molar-refractivity contribution in [1.82, 2.24) is 0 Å². The Labute approximate surface area is 190 Å². The fourth-order valence-corrected chi connectivity index (χ4v) is 8.69. The van der Waals surface area contributed by atoms with Gasteiger partial charge in [0.1, 0.15) is 0 Å². The monoisotopic (exact) mass is 512 g/mol. The van der Waals surface area contributed by atoms with Gasteiger partial charge in [0.25, 0.3) is 0 Å². The number of aliphatic hydroxyl groups is 3. The third-order valence-corrected chi connectivity index (χ3v) is 10.6. The Morgan fingerprint density at radius 2 is 1.84 bits per heavy atom. The number of esters is 1. The Bertz CT molecular complexity index is 910. The van der Waals surface area contributed by atoms with Gasteiger partial charge in [0.15, 0.2) is 0 Å². The minimum absolute atomic E-state index is 0.164. The van der Waals surface area contributed by atoms with E-state index in [1.807, 2.05) is 37.3 Å². The Hall–Kier alpha value is -1.41. The Morgan fingerprint density at radius 3 is 2.42 bits per heavy atom. The zero-order valence-electron chi connectivity index (χ0n) is 18.7. The quantitative estimate of drug-likeness (QED) is 0.402. The van der Waals surface area contributed by atoms with Crippen molar-refractivity contribution in [3.8, 4) is 0 Å². The van der Waals surface area contributed by atoms with Crippen molar-refractivity contribution in [3.05, 3.63) is 48.2 Å². The van der Waals surface area contributed by atoms with Gasteiger partial charge in [0.2, 0.25) is 0 Å². The van der Waals surface area contributed by atoms with Crippen LogP contribution in [-0.2, 0) is 15.1 Å². The van der Waals surface area contributed by atoms with Crippen LogP contribution in [0, 0.1) is 5.92 Å². The van der Waals surface area contributed by atoms with Crippen molar-refractivity contribution in [2.75, 3.05) is 6.61 Å². The first kappa shape index (κ1) is 24.2. The molecule has 0 radical (unpaired) electrons. The molecule has 6 nitrogen and oxygen atoms in total. The Kier molecular flexibility index (Phi) is 6.92. The van der Waals surface area contributed by atoms with Crippen LogP contribution in [0.3, 0.4) is 0 Å². The molecule has 3 N–H and O–H groups in total. The number of carbonyl (C=O) groups excluding carboxylic acids is 1. The summed E-state index contributed by atoms with van der Waals surface area (Å²) in [6.45, 7) is 9.93. The molecule has 0 aliphatic heterocycles. The topological polar surface area (TPSA) is 100 Å². The van der Waals surface area contributed by atoms with Crippen molar-refractivity contribution in [2.45, 2.75) is 62.0 Å². The number of carbonyl (C=O) groups is 1. The molecule has 1 aliphatic carbocycles. The number of aliphatic hydroxyl groups excluding tert-OH is 2. The van der Waals surface area contributed by atoms with E-state index in [2.05, 4.69) is 19.6 Å². The molecule has 3 rings (SSSR count). The molecule has 0 saturated heterocycles. The van der Waals surface area contributed by atoms with E-state index in [4.69, 9.17) is 9.15 Å². The summed E-state index contributed by atoms with van der Waals surface area (Å²) < 4.78 is 11.3. The Morgan fingerprint density at radius 1 is 1.19 bits per heavy atom. The van der Waals surface area contributed by atoms with E-state index < -0.39 is 42.1 Å². The summed E-state index contributed by atoms with van der Waals surface area (Å²) in [5.74, 6) is -1.61. The van der Waals surface area contributed by atoms with Crippen LogP contribution in [0.25, 0.3) is 0 Å². The molecule has 8 heteroatoms. The molecular weight excluding hydrogens is 479 g/mol. The summed E-state index contributed by atoms with van der Waals surface area (Å²) in [7, 11) is -2.06. The van der Waals surface area contributed by atoms with E-state index >= 15 is 0 Å². The van der Waals surface area contributed by atoms with Gasteiger partial charge in [0, 0.05) is 0 Å². The van der Waals surface area contributed by atoms with Crippen molar-refractivity contribution in [1.29, 1.82) is 0 Å². The first-order valence-corrected chi connectivity index (χ1v) is 15.7. The van der Waals surface area contributed by atoms with Gasteiger partial charge in [-0.3, -0.25) is 0 Å². The number of benzene rings is 1. The van der Waals surface area contributed by atoms with Gasteiger partial charge in [-0.25, -0.2) is 0 Å². The van der Waals surface area contributed by atoms with Crippen molar-refractivity contribution in [2.24, 2.45) is 5.92 Å². The SMILES string of the molecule is CCOC(=O)[C@@H]1C[C@@](C)([Se]c2ccccc2)[C@@H](O)[C@@H](O)[C@@]1(O)c1ccoc1[Si](C)(C)C. The zero-order valence-corrected chi connectivity index (χ0v) is 21.4. The predicted molar refractivity (Wildman–Crippen MR) is 123 cm³/mol. The average molecular weight is 512 g/mol. The second kappa shape index (κ2) is 8.85. The van der Waals surface area contributed by atoms with Crippen LogP contribution in [-0.4, -0.2) is 63.1 Å². The van der Waals surface area contributed by atoms with E-state index in [1.165, 1.54) is 6.26 Å². The molecular formula is C23H32O6SeSi. The summed E-state index contributed by atoms with van der Waals surface area (Å²) in [4.78, 5) is 13.1. The second-order valence-corrected chi connectivity index (χ2v) is 17.7. The maximum atomic E-state index is 13.1. The number of furan rings is 1. The molecule has 0 amide bonds. The number of hydrogen-bond acceptors (Lipinski definition) is 6. The van der Waals surface area contributed by atoms with Crippen molar-refractivity contribution < 1.29 is 29.3 Å². The molecule has 0 unspecified atom stereocenters. The third kappa shape index (κ3) is 4.42. The van der Waals surface area contributed by atoms with Crippen LogP contribution in [0.1, 0.15) is 25.8 Å². The summed E-state index contributed by atoms with van der Waals surface area (Å²) in [5.41, 5.74) is -1.62. The molecule has 1 saturated carbocycles. The molecule has 1 aliphatic rings. The zero-order chi connectivity index (χ0) is 23.0. The predicted octanol–water partition coefficient (Wildman–Crippen LogP) is 1.53. The first-order valence-electron chi connectivity index (χ1n) is 10.5. The molecule has 31 heavy (non-hydrogen) atoms. The van der Waals surface area contributed by atoms with Crippen LogP contribution in [0.5, 0.6) is 0 Å². The molecule has 2 aromatic rings. The standard InChI is InChI=1S/C23H32O6SeSi/c1-6-28-20(26)17-14-22(2,30-15-10-8-7-9-11-15)18(24)19(25)23(17,27)16-12-13-29-21(16)31(3,4)5/h7-13,17-19,24-25,27H,6,14H2,1-5H3/t17-,18-,19+,22+,23+/m0/s1. The third-order valence-electron chi connectivity index (χ3n) is 5.96. The number of hydrogen-bond donors (Lipinski definition) is 3. The average Bonchev–Trinajstić information content (AvgIpc) is 3.21. The van der Waals surface area contributed by atoms with Crippen LogP contribution in [0.2, 0.25) is 24.0 Å². The minimum atomic E-state index is -2.06. The van der Waals surface area contributed by atoms with Crippen LogP contribution in [0.4, 0.5) is 0 Å². The van der Waals surface area contributed by atoms with Gasteiger partial charge in [-0.2, -0.15) is 0 Å². The van der Waals surface area contributed by atoms with Crippen molar-refractivity contribution in [3.63, 3.8) is 0 Å². The van der Waals surface area contributed by atoms with Crippen LogP contribution in [0.15, 0.2) is 47.1 Å². The molecule has 1 fully saturated rings. The van der Waals surface area contributed by atoms with Crippen LogP contribution >= 0.6 is 0 Å². The molecule has 1 heterocycles. The molecule has 1 aromatic carbocycles. The molecule has 0 spiro atoms. The fraction of sp³-hybridized carbons (Fsp3) is 0.522. The van der Waals surface area contributed by atoms with E-state index in [0.717, 1.165) is 4.46 Å². The van der Waals surface area contributed by atoms with Crippen molar-refractivity contribution >= 4 is 38.8 Å². The summed E-state index contributed by atoms with van der Waals surface area (Å²) in [5, 5.41) is 35.1. The van der Waals surface area contributed by atoms with E-state index in [9.17, 15) is 20.1 Å². The van der Waals surface area contributed by atoms with Gasteiger partial charge in [-0.15, -0.1) is 0 Å². The summed E-state index contributed by atoms with van der Waals surface area (Å²) in [6.07, 6.45) is -1.14.